The van der Waals surface area contributed by atoms with Crippen LogP contribution in [-0.2, 0) is 16.0 Å². The number of nitrogens with zero attached hydrogens (tertiary/aromatic N) is 1. The number of aromatic amines is 1. The highest BCUT2D eigenvalue weighted by atomic mass is 32.2. The molecule has 0 spiro atoms. The molecule has 45 heavy (non-hydrogen) atoms. The maximum Gasteiger partial charge on any atom is 0.327 e. The minimum Gasteiger partial charge on any atom is -0.494 e. The van der Waals surface area contributed by atoms with E-state index in [1.54, 1.807) is 30.5 Å². The summed E-state index contributed by atoms with van der Waals surface area (Å²) < 4.78 is 5.91. The van der Waals surface area contributed by atoms with Crippen LogP contribution in [0.4, 0.5) is 4.79 Å². The lowest BCUT2D eigenvalue weighted by atomic mass is 10.0. The van der Waals surface area contributed by atoms with Gasteiger partial charge in [0.05, 0.1) is 29.8 Å². The molecule has 3 aliphatic heterocycles. The molecule has 2 saturated heterocycles. The molecule has 236 valence electrons. The highest BCUT2D eigenvalue weighted by Crippen LogP contribution is 2.33. The second-order valence-corrected chi connectivity index (χ2v) is 12.8. The molecular formula is C32H35N5O7S. The van der Waals surface area contributed by atoms with Crippen LogP contribution in [0.25, 0.3) is 10.9 Å². The minimum atomic E-state index is -1.37. The Morgan fingerprint density at radius 2 is 1.82 bits per heavy atom. The van der Waals surface area contributed by atoms with Crippen molar-refractivity contribution in [3.63, 3.8) is 0 Å². The largest absolute Gasteiger partial charge is 0.494 e. The smallest absolute Gasteiger partial charge is 0.327 e. The van der Waals surface area contributed by atoms with Crippen molar-refractivity contribution in [2.24, 2.45) is 0 Å². The van der Waals surface area contributed by atoms with Gasteiger partial charge in [0, 0.05) is 47.5 Å². The number of hydrogen-bond donors (Lipinski definition) is 5. The summed E-state index contributed by atoms with van der Waals surface area (Å²) in [5.41, 5.74) is 1.82. The van der Waals surface area contributed by atoms with Crippen molar-refractivity contribution in [2.75, 3.05) is 18.9 Å². The molecule has 3 aromatic rings. The number of carboxylic acid groups (broad SMARTS) is 1. The van der Waals surface area contributed by atoms with Gasteiger partial charge in [0.25, 0.3) is 11.8 Å². The predicted molar refractivity (Wildman–Crippen MR) is 167 cm³/mol. The van der Waals surface area contributed by atoms with E-state index in [2.05, 4.69) is 20.9 Å². The molecule has 4 unspecified atom stereocenters. The molecule has 1 aromatic heterocycles. The van der Waals surface area contributed by atoms with Crippen LogP contribution >= 0.6 is 11.8 Å². The maximum absolute atomic E-state index is 12.9. The van der Waals surface area contributed by atoms with Gasteiger partial charge < -0.3 is 30.8 Å². The highest BCUT2D eigenvalue weighted by molar-refractivity contribution is 8.00. The zero-order valence-corrected chi connectivity index (χ0v) is 25.4. The molecule has 0 radical (unpaired) electrons. The zero-order valence-electron chi connectivity index (χ0n) is 24.5. The number of carboxylic acids is 1. The number of unbranched alkanes of at least 4 members (excludes halogenated alkanes) is 1. The van der Waals surface area contributed by atoms with Crippen LogP contribution in [0.3, 0.4) is 0 Å². The summed E-state index contributed by atoms with van der Waals surface area (Å²) in [4.78, 5) is 65.9. The van der Waals surface area contributed by atoms with E-state index in [-0.39, 0.29) is 41.6 Å². The van der Waals surface area contributed by atoms with E-state index in [0.29, 0.717) is 42.6 Å². The van der Waals surface area contributed by atoms with Crippen LogP contribution in [0.1, 0.15) is 58.4 Å². The predicted octanol–water partition coefficient (Wildman–Crippen LogP) is 3.07. The SMILES string of the molecule is O=C(CCCCC1SCC2NC(=O)NC21)NCCCOc1ccc2[nH]cc(CC(C(=O)O)N3C(=O)c4ccccc4C3=O)c2c1. The third-order valence-corrected chi connectivity index (χ3v) is 10.1. The summed E-state index contributed by atoms with van der Waals surface area (Å²) >= 11 is 1.88. The van der Waals surface area contributed by atoms with Crippen LogP contribution in [0.15, 0.2) is 48.7 Å². The maximum atomic E-state index is 12.9. The number of urea groups is 1. The number of rotatable bonds is 14. The van der Waals surface area contributed by atoms with Crippen molar-refractivity contribution < 1.29 is 33.8 Å². The normalized spacial score (nSPS) is 20.9. The fourth-order valence-corrected chi connectivity index (χ4v) is 7.80. The van der Waals surface area contributed by atoms with E-state index in [4.69, 9.17) is 4.74 Å². The Balaban J connectivity index is 0.949. The number of carbonyl (C=O) groups is 5. The number of aliphatic carboxylic acids is 1. The van der Waals surface area contributed by atoms with Crippen molar-refractivity contribution in [1.29, 1.82) is 0 Å². The van der Waals surface area contributed by atoms with Crippen LogP contribution < -0.4 is 20.7 Å². The monoisotopic (exact) mass is 633 g/mol. The van der Waals surface area contributed by atoms with Crippen LogP contribution in [0.5, 0.6) is 5.75 Å². The van der Waals surface area contributed by atoms with Gasteiger partial charge >= 0.3 is 12.0 Å². The highest BCUT2D eigenvalue weighted by Gasteiger charge is 2.43. The van der Waals surface area contributed by atoms with Crippen LogP contribution in [0.2, 0.25) is 0 Å². The number of ether oxygens (including phenoxy) is 1. The Morgan fingerprint density at radius 3 is 2.58 bits per heavy atom. The Morgan fingerprint density at radius 1 is 1.04 bits per heavy atom. The second-order valence-electron chi connectivity index (χ2n) is 11.5. The standard InChI is InChI=1S/C32H35N5O7S/c38-27(9-4-3-8-26-28-24(17-45-26)35-32(43)36-28)33-12-5-13-44-19-10-11-23-22(15-19)18(16-34-23)14-25(31(41)42)37-29(39)20-6-1-2-7-21(20)30(37)40/h1-2,6-7,10-11,15-16,24-26,28,34H,3-5,8-9,12-14,17H2,(H,33,38)(H,41,42)(H2,35,36,43). The second kappa shape index (κ2) is 13.2. The Hall–Kier alpha value is -4.52. The quantitative estimate of drug-likeness (QED) is 0.102. The molecule has 0 saturated carbocycles. The average molecular weight is 634 g/mol. The summed E-state index contributed by atoms with van der Waals surface area (Å²) in [5.74, 6) is -0.969. The van der Waals surface area contributed by atoms with E-state index in [1.165, 1.54) is 12.1 Å². The molecule has 3 aliphatic rings. The summed E-state index contributed by atoms with van der Waals surface area (Å²) in [5, 5.41) is 20.0. The van der Waals surface area contributed by atoms with E-state index >= 15 is 0 Å². The fourth-order valence-electron chi connectivity index (χ4n) is 6.26. The van der Waals surface area contributed by atoms with Gasteiger partial charge in [0.15, 0.2) is 0 Å². The van der Waals surface area contributed by atoms with Crippen molar-refractivity contribution in [3.05, 3.63) is 65.4 Å². The molecule has 5 N–H and O–H groups in total. The molecule has 2 aromatic carbocycles. The third kappa shape index (κ3) is 6.48. The van der Waals surface area contributed by atoms with Gasteiger partial charge in [-0.2, -0.15) is 11.8 Å². The number of fused-ring (bicyclic) bond motifs is 3. The number of H-pyrrole nitrogens is 1. The zero-order chi connectivity index (χ0) is 31.5. The van der Waals surface area contributed by atoms with Crippen molar-refractivity contribution >= 4 is 52.4 Å². The molecule has 12 nitrogen and oxygen atoms in total. The van der Waals surface area contributed by atoms with Gasteiger partial charge in [0.1, 0.15) is 11.8 Å². The topological polar surface area (TPSA) is 170 Å². The van der Waals surface area contributed by atoms with Gasteiger partial charge in [-0.05, 0) is 55.2 Å². The summed E-state index contributed by atoms with van der Waals surface area (Å²) in [7, 11) is 0. The number of aromatic nitrogens is 1. The molecule has 4 heterocycles. The Bertz CT molecular complexity index is 1610. The van der Waals surface area contributed by atoms with Crippen LogP contribution in [-0.4, -0.2) is 87.0 Å². The molecule has 13 heteroatoms. The summed E-state index contributed by atoms with van der Waals surface area (Å²) in [6, 6.07) is 10.7. The average Bonchev–Trinajstić information content (AvgIpc) is 3.77. The van der Waals surface area contributed by atoms with E-state index in [9.17, 15) is 29.1 Å². The number of nitrogens with one attached hydrogen (secondary N) is 4. The molecule has 2 fully saturated rings. The molecular weight excluding hydrogens is 598 g/mol. The van der Waals surface area contributed by atoms with Crippen molar-refractivity contribution in [2.45, 2.75) is 61.9 Å². The lowest BCUT2D eigenvalue weighted by molar-refractivity contribution is -0.141. The summed E-state index contributed by atoms with van der Waals surface area (Å²) in [6.07, 6.45) is 5.40. The van der Waals surface area contributed by atoms with Gasteiger partial charge in [0.2, 0.25) is 5.91 Å². The Kier molecular flexibility index (Phi) is 8.97. The first kappa shape index (κ1) is 30.5. The van der Waals surface area contributed by atoms with Gasteiger partial charge in [-0.3, -0.25) is 19.3 Å². The number of amides is 5. The minimum absolute atomic E-state index is 0.00668. The first-order valence-corrected chi connectivity index (χ1v) is 16.2. The lowest BCUT2D eigenvalue weighted by Gasteiger charge is -2.22. The molecule has 5 amide bonds. The first-order chi connectivity index (χ1) is 21.8. The molecule has 0 bridgehead atoms. The molecule has 6 rings (SSSR count). The lowest BCUT2D eigenvalue weighted by Crippen LogP contribution is -2.46. The first-order valence-electron chi connectivity index (χ1n) is 15.2. The third-order valence-electron chi connectivity index (χ3n) is 8.57. The number of benzene rings is 2. The van der Waals surface area contributed by atoms with E-state index in [0.717, 1.165) is 40.8 Å². The van der Waals surface area contributed by atoms with Crippen molar-refractivity contribution in [1.82, 2.24) is 25.8 Å². The fraction of sp³-hybridized carbons (Fsp3) is 0.406. The number of hydrogen-bond acceptors (Lipinski definition) is 7. The van der Waals surface area contributed by atoms with Gasteiger partial charge in [-0.15, -0.1) is 0 Å². The summed E-state index contributed by atoms with van der Waals surface area (Å²) in [6.45, 7) is 0.858. The number of carbonyl (C=O) groups excluding carboxylic acids is 4. The van der Waals surface area contributed by atoms with Crippen LogP contribution in [0, 0.1) is 0 Å². The molecule has 4 atom stereocenters. The van der Waals surface area contributed by atoms with E-state index in [1.807, 2.05) is 17.8 Å². The van der Waals surface area contributed by atoms with E-state index < -0.39 is 23.8 Å². The number of thioether (sulfide) groups is 1. The molecule has 0 aliphatic carbocycles. The van der Waals surface area contributed by atoms with Crippen molar-refractivity contribution in [3.8, 4) is 5.75 Å². The number of imide groups is 1. The van der Waals surface area contributed by atoms with Gasteiger partial charge in [-0.1, -0.05) is 18.6 Å². The Labute approximate surface area is 263 Å². The van der Waals surface area contributed by atoms with Gasteiger partial charge in [-0.25, -0.2) is 9.59 Å².